The van der Waals surface area contributed by atoms with E-state index in [9.17, 15) is 9.59 Å². The van der Waals surface area contributed by atoms with Crippen LogP contribution >= 0.6 is 23.3 Å². The van der Waals surface area contributed by atoms with Crippen molar-refractivity contribution in [3.8, 4) is 5.69 Å². The number of rotatable bonds is 5. The second-order valence-electron chi connectivity index (χ2n) is 8.95. The molecule has 1 amide bonds. The van der Waals surface area contributed by atoms with Crippen LogP contribution in [0.5, 0.6) is 0 Å². The summed E-state index contributed by atoms with van der Waals surface area (Å²) in [6.45, 7) is 0. The molecule has 0 atom stereocenters. The summed E-state index contributed by atoms with van der Waals surface area (Å²) in [5.41, 5.74) is 2.15. The van der Waals surface area contributed by atoms with Gasteiger partial charge in [0.25, 0.3) is 11.5 Å². The molecule has 35 heavy (non-hydrogen) atoms. The van der Waals surface area contributed by atoms with E-state index in [-0.39, 0.29) is 17.5 Å². The maximum atomic E-state index is 13.7. The minimum atomic E-state index is -0.205. The van der Waals surface area contributed by atoms with Crippen LogP contribution in [0.25, 0.3) is 26.7 Å². The van der Waals surface area contributed by atoms with Crippen molar-refractivity contribution in [3.63, 3.8) is 0 Å². The molecule has 6 rings (SSSR count). The van der Waals surface area contributed by atoms with Crippen molar-refractivity contribution in [1.29, 1.82) is 0 Å². The third kappa shape index (κ3) is 4.09. The van der Waals surface area contributed by atoms with Crippen LogP contribution in [0.3, 0.4) is 0 Å². The molecule has 1 saturated carbocycles. The molecule has 0 bridgehead atoms. The Hall–Kier alpha value is -3.29. The van der Waals surface area contributed by atoms with E-state index < -0.39 is 0 Å². The molecule has 1 aliphatic carbocycles. The highest BCUT2D eigenvalue weighted by atomic mass is 32.2. The number of amides is 1. The number of hydrogen-bond acceptors (Lipinski definition) is 4. The highest BCUT2D eigenvalue weighted by molar-refractivity contribution is 7.98. The van der Waals surface area contributed by atoms with Crippen LogP contribution in [0.15, 0.2) is 87.9 Å². The number of fused-ring (bicyclic) bond motifs is 2. The Balaban J connectivity index is 1.36. The lowest BCUT2D eigenvalue weighted by molar-refractivity contribution is 0.0984. The van der Waals surface area contributed by atoms with Gasteiger partial charge in [-0.2, -0.15) is 0 Å². The zero-order valence-electron chi connectivity index (χ0n) is 19.1. The molecule has 1 aliphatic rings. The molecule has 0 saturated heterocycles. The molecule has 5 aromatic rings. The highest BCUT2D eigenvalue weighted by Crippen LogP contribution is 2.33. The van der Waals surface area contributed by atoms with Gasteiger partial charge in [-0.3, -0.25) is 19.0 Å². The van der Waals surface area contributed by atoms with Crippen LogP contribution in [-0.2, 0) is 0 Å². The molecular weight excluding hydrogens is 474 g/mol. The van der Waals surface area contributed by atoms with Crippen LogP contribution < -0.4 is 10.3 Å². The van der Waals surface area contributed by atoms with Crippen molar-refractivity contribution < 1.29 is 4.79 Å². The average Bonchev–Trinajstić information content (AvgIpc) is 3.46. The SMILES string of the molecule is O=C(NSc1csc2ccccc12)c1ccc2c(c1)c(=O)n(-c1ccccc1)n2C1CCCCC1. The fourth-order valence-corrected chi connectivity index (χ4v) is 6.89. The molecule has 0 aliphatic heterocycles. The molecular formula is C28H25N3O2S2. The summed E-state index contributed by atoms with van der Waals surface area (Å²) < 4.78 is 8.12. The van der Waals surface area contributed by atoms with E-state index in [4.69, 9.17) is 0 Å². The Labute approximate surface area is 211 Å². The first-order valence-electron chi connectivity index (χ1n) is 12.0. The predicted molar refractivity (Wildman–Crippen MR) is 145 cm³/mol. The second-order valence-corrected chi connectivity index (χ2v) is 10.7. The number of thiophene rings is 1. The van der Waals surface area contributed by atoms with E-state index in [1.807, 2.05) is 54.6 Å². The van der Waals surface area contributed by atoms with Gasteiger partial charge in [-0.25, -0.2) is 4.68 Å². The first kappa shape index (κ1) is 22.2. The number of benzene rings is 3. The van der Waals surface area contributed by atoms with E-state index in [1.165, 1.54) is 35.9 Å². The minimum Gasteiger partial charge on any atom is -0.292 e. The van der Waals surface area contributed by atoms with Crippen molar-refractivity contribution in [2.75, 3.05) is 0 Å². The van der Waals surface area contributed by atoms with Crippen LogP contribution in [0, 0.1) is 0 Å². The first-order chi connectivity index (χ1) is 17.2. The molecule has 1 fully saturated rings. The van der Waals surface area contributed by atoms with Crippen LogP contribution in [0.1, 0.15) is 48.5 Å². The molecule has 0 radical (unpaired) electrons. The molecule has 2 aromatic heterocycles. The van der Waals surface area contributed by atoms with E-state index in [0.717, 1.165) is 34.3 Å². The smallest absolute Gasteiger partial charge is 0.279 e. The number of carbonyl (C=O) groups excluding carboxylic acids is 1. The second kappa shape index (κ2) is 9.40. The van der Waals surface area contributed by atoms with E-state index in [0.29, 0.717) is 10.9 Å². The Morgan fingerprint density at radius 1 is 0.914 bits per heavy atom. The van der Waals surface area contributed by atoms with Crippen LogP contribution in [0.2, 0.25) is 0 Å². The van der Waals surface area contributed by atoms with E-state index in [2.05, 4.69) is 26.9 Å². The monoisotopic (exact) mass is 499 g/mol. The predicted octanol–water partition coefficient (Wildman–Crippen LogP) is 6.95. The van der Waals surface area contributed by atoms with Gasteiger partial charge >= 0.3 is 0 Å². The third-order valence-electron chi connectivity index (χ3n) is 6.76. The number of aromatic nitrogens is 2. The van der Waals surface area contributed by atoms with Gasteiger partial charge in [0, 0.05) is 25.9 Å². The zero-order valence-corrected chi connectivity index (χ0v) is 20.8. The fraction of sp³-hybridized carbons (Fsp3) is 0.214. The summed E-state index contributed by atoms with van der Waals surface area (Å²) in [6, 6.07) is 23.7. The van der Waals surface area contributed by atoms with Gasteiger partial charge < -0.3 is 0 Å². The lowest BCUT2D eigenvalue weighted by Crippen LogP contribution is -2.25. The molecule has 0 unspecified atom stereocenters. The average molecular weight is 500 g/mol. The summed E-state index contributed by atoms with van der Waals surface area (Å²) in [4.78, 5) is 27.7. The van der Waals surface area contributed by atoms with Gasteiger partial charge in [-0.1, -0.05) is 55.7 Å². The largest absolute Gasteiger partial charge is 0.292 e. The summed E-state index contributed by atoms with van der Waals surface area (Å²) in [7, 11) is 0. The van der Waals surface area contributed by atoms with Gasteiger partial charge in [0.1, 0.15) is 0 Å². The van der Waals surface area contributed by atoms with E-state index in [1.54, 1.807) is 22.1 Å². The van der Waals surface area contributed by atoms with Crippen molar-refractivity contribution >= 4 is 50.2 Å². The van der Waals surface area contributed by atoms with Crippen LogP contribution in [-0.4, -0.2) is 15.3 Å². The molecule has 0 spiro atoms. The summed E-state index contributed by atoms with van der Waals surface area (Å²) in [5, 5.41) is 3.77. The number of para-hydroxylation sites is 1. The normalized spacial score (nSPS) is 14.5. The summed E-state index contributed by atoms with van der Waals surface area (Å²) >= 11 is 2.98. The lowest BCUT2D eigenvalue weighted by atomic mass is 9.95. The summed E-state index contributed by atoms with van der Waals surface area (Å²) in [6.07, 6.45) is 5.70. The lowest BCUT2D eigenvalue weighted by Gasteiger charge is -2.26. The van der Waals surface area contributed by atoms with Gasteiger partial charge in [-0.15, -0.1) is 11.3 Å². The topological polar surface area (TPSA) is 56.0 Å². The fourth-order valence-electron chi connectivity index (χ4n) is 5.06. The molecule has 5 nitrogen and oxygen atoms in total. The molecule has 3 aromatic carbocycles. The zero-order chi connectivity index (χ0) is 23.8. The maximum absolute atomic E-state index is 13.7. The number of carbonyl (C=O) groups is 1. The Kier molecular flexibility index (Phi) is 5.96. The van der Waals surface area contributed by atoms with Crippen molar-refractivity contribution in [2.24, 2.45) is 0 Å². The van der Waals surface area contributed by atoms with Crippen molar-refractivity contribution in [3.05, 3.63) is 94.1 Å². The molecule has 2 heterocycles. The maximum Gasteiger partial charge on any atom is 0.279 e. The first-order valence-corrected chi connectivity index (χ1v) is 13.7. The highest BCUT2D eigenvalue weighted by Gasteiger charge is 2.24. The van der Waals surface area contributed by atoms with Gasteiger partial charge in [0.05, 0.1) is 22.6 Å². The van der Waals surface area contributed by atoms with Gasteiger partial charge in [0.2, 0.25) is 0 Å². The van der Waals surface area contributed by atoms with Gasteiger partial charge in [-0.05, 0) is 61.2 Å². The van der Waals surface area contributed by atoms with E-state index >= 15 is 0 Å². The standard InChI is InChI=1S/C28H25N3O2S2/c32-27(29-35-26-18-34-25-14-8-7-13-22(25)26)19-15-16-24-23(17-19)28(33)31(21-11-5-2-6-12-21)30(24)20-9-3-1-4-10-20/h2,5-8,11-18,20H,1,3-4,9-10H2,(H,29,32). The minimum absolute atomic E-state index is 0.0806. The van der Waals surface area contributed by atoms with Crippen molar-refractivity contribution in [1.82, 2.24) is 14.1 Å². The van der Waals surface area contributed by atoms with Crippen molar-refractivity contribution in [2.45, 2.75) is 43.0 Å². The number of nitrogens with one attached hydrogen (secondary N) is 1. The molecule has 176 valence electrons. The van der Waals surface area contributed by atoms with Crippen LogP contribution in [0.4, 0.5) is 0 Å². The number of hydrogen-bond donors (Lipinski definition) is 1. The summed E-state index contributed by atoms with van der Waals surface area (Å²) in [5.74, 6) is -0.205. The van der Waals surface area contributed by atoms with Gasteiger partial charge in [0.15, 0.2) is 0 Å². The number of nitrogens with zero attached hydrogens (tertiary/aromatic N) is 2. The molecule has 1 N–H and O–H groups in total. The molecule has 7 heteroatoms. The Morgan fingerprint density at radius 2 is 1.69 bits per heavy atom. The Bertz CT molecular complexity index is 1580. The third-order valence-corrected chi connectivity index (χ3v) is 8.72. The quantitative estimate of drug-likeness (QED) is 0.266. The Morgan fingerprint density at radius 3 is 2.51 bits per heavy atom.